The molecule has 1 rings (SSSR count). The van der Waals surface area contributed by atoms with Gasteiger partial charge in [-0.25, -0.2) is 0 Å². The summed E-state index contributed by atoms with van der Waals surface area (Å²) in [5, 5.41) is 19.1. The zero-order chi connectivity index (χ0) is 13.4. The number of nitrogens with zero attached hydrogens (tertiary/aromatic N) is 3. The van der Waals surface area contributed by atoms with Crippen LogP contribution in [-0.4, -0.2) is 48.5 Å². The Morgan fingerprint density at radius 2 is 2.11 bits per heavy atom. The van der Waals surface area contributed by atoms with Crippen molar-refractivity contribution in [2.45, 2.75) is 19.3 Å². The first-order valence-corrected chi connectivity index (χ1v) is 6.07. The topological polar surface area (TPSA) is 78.4 Å². The number of anilines is 1. The van der Waals surface area contributed by atoms with Gasteiger partial charge < -0.3 is 15.3 Å². The maximum Gasteiger partial charge on any atom is 0.271 e. The van der Waals surface area contributed by atoms with Crippen molar-refractivity contribution >= 4 is 11.7 Å². The fraction of sp³-hybridized carbons (Fsp3) is 0.583. The van der Waals surface area contributed by atoms with Gasteiger partial charge in [-0.15, -0.1) is 10.2 Å². The number of nitrogens with one attached hydrogen (secondary N) is 1. The molecule has 1 aromatic rings. The van der Waals surface area contributed by atoms with E-state index in [4.69, 9.17) is 5.11 Å². The SMILES string of the molecule is CNC(=O)c1ccc(N(C)CCCCCO)nn1. The first kappa shape index (κ1) is 14.4. The molecule has 6 heteroatoms. The normalized spacial score (nSPS) is 10.2. The lowest BCUT2D eigenvalue weighted by molar-refractivity contribution is 0.0957. The minimum absolute atomic E-state index is 0.236. The Morgan fingerprint density at radius 1 is 1.33 bits per heavy atom. The first-order chi connectivity index (χ1) is 8.69. The van der Waals surface area contributed by atoms with Crippen LogP contribution in [-0.2, 0) is 0 Å². The van der Waals surface area contributed by atoms with E-state index in [-0.39, 0.29) is 12.5 Å². The maximum absolute atomic E-state index is 11.3. The van der Waals surface area contributed by atoms with Crippen LogP contribution in [0.3, 0.4) is 0 Å². The van der Waals surface area contributed by atoms with E-state index in [1.54, 1.807) is 19.2 Å². The van der Waals surface area contributed by atoms with Gasteiger partial charge in [0.15, 0.2) is 11.5 Å². The van der Waals surface area contributed by atoms with Crippen LogP contribution < -0.4 is 10.2 Å². The first-order valence-electron chi connectivity index (χ1n) is 6.07. The van der Waals surface area contributed by atoms with Gasteiger partial charge in [0.2, 0.25) is 0 Å². The van der Waals surface area contributed by atoms with E-state index in [1.165, 1.54) is 0 Å². The Labute approximate surface area is 107 Å². The smallest absolute Gasteiger partial charge is 0.271 e. The molecule has 0 spiro atoms. The summed E-state index contributed by atoms with van der Waals surface area (Å²) in [6.07, 6.45) is 2.82. The molecule has 6 nitrogen and oxygen atoms in total. The summed E-state index contributed by atoms with van der Waals surface area (Å²) < 4.78 is 0. The molecular weight excluding hydrogens is 232 g/mol. The number of carbonyl (C=O) groups is 1. The highest BCUT2D eigenvalue weighted by Crippen LogP contribution is 2.09. The molecule has 100 valence electrons. The molecule has 1 heterocycles. The average molecular weight is 252 g/mol. The van der Waals surface area contributed by atoms with Crippen LogP contribution in [0.25, 0.3) is 0 Å². The zero-order valence-corrected chi connectivity index (χ0v) is 10.9. The van der Waals surface area contributed by atoms with Gasteiger partial charge in [-0.2, -0.15) is 0 Å². The van der Waals surface area contributed by atoms with Crippen molar-refractivity contribution in [3.63, 3.8) is 0 Å². The molecule has 2 N–H and O–H groups in total. The number of aliphatic hydroxyl groups is 1. The molecule has 18 heavy (non-hydrogen) atoms. The van der Waals surface area contributed by atoms with Gasteiger partial charge in [-0.1, -0.05) is 0 Å². The van der Waals surface area contributed by atoms with Crippen LogP contribution in [0.2, 0.25) is 0 Å². The molecule has 1 amide bonds. The van der Waals surface area contributed by atoms with Crippen molar-refractivity contribution < 1.29 is 9.90 Å². The van der Waals surface area contributed by atoms with Gasteiger partial charge in [0, 0.05) is 27.2 Å². The van der Waals surface area contributed by atoms with Crippen molar-refractivity contribution in [3.05, 3.63) is 17.8 Å². The predicted octanol–water partition coefficient (Wildman–Crippen LogP) is 0.435. The van der Waals surface area contributed by atoms with Gasteiger partial charge >= 0.3 is 0 Å². The van der Waals surface area contributed by atoms with Crippen LogP contribution in [0.1, 0.15) is 29.8 Å². The monoisotopic (exact) mass is 252 g/mol. The third-order valence-electron chi connectivity index (χ3n) is 2.65. The quantitative estimate of drug-likeness (QED) is 0.688. The van der Waals surface area contributed by atoms with Crippen molar-refractivity contribution in [2.75, 3.05) is 32.1 Å². The van der Waals surface area contributed by atoms with Gasteiger partial charge in [0.1, 0.15) is 0 Å². The molecule has 0 unspecified atom stereocenters. The highest BCUT2D eigenvalue weighted by molar-refractivity contribution is 5.91. The van der Waals surface area contributed by atoms with Gasteiger partial charge in [0.25, 0.3) is 5.91 Å². The number of unbranched alkanes of at least 4 members (excludes halogenated alkanes) is 2. The summed E-state index contributed by atoms with van der Waals surface area (Å²) in [5.41, 5.74) is 0.315. The molecule has 0 aromatic carbocycles. The minimum Gasteiger partial charge on any atom is -0.396 e. The van der Waals surface area contributed by atoms with E-state index in [9.17, 15) is 4.79 Å². The van der Waals surface area contributed by atoms with Gasteiger partial charge in [-0.3, -0.25) is 4.79 Å². The average Bonchev–Trinajstić information content (AvgIpc) is 2.42. The van der Waals surface area contributed by atoms with Gasteiger partial charge in [0.05, 0.1) is 0 Å². The molecule has 0 aliphatic carbocycles. The molecule has 0 radical (unpaired) electrons. The zero-order valence-electron chi connectivity index (χ0n) is 10.9. The Bertz CT molecular complexity index is 367. The van der Waals surface area contributed by atoms with Crippen molar-refractivity contribution in [1.29, 1.82) is 0 Å². The van der Waals surface area contributed by atoms with Crippen LogP contribution in [0.4, 0.5) is 5.82 Å². The lowest BCUT2D eigenvalue weighted by Gasteiger charge is -2.17. The highest BCUT2D eigenvalue weighted by atomic mass is 16.2. The Morgan fingerprint density at radius 3 is 2.67 bits per heavy atom. The highest BCUT2D eigenvalue weighted by Gasteiger charge is 2.07. The maximum atomic E-state index is 11.3. The molecule has 0 bridgehead atoms. The van der Waals surface area contributed by atoms with E-state index in [0.29, 0.717) is 5.69 Å². The third-order valence-corrected chi connectivity index (χ3v) is 2.65. The summed E-state index contributed by atoms with van der Waals surface area (Å²) in [5.74, 6) is 0.506. The molecular formula is C12H20N4O2. The number of carbonyl (C=O) groups excluding carboxylic acids is 1. The Balaban J connectivity index is 2.48. The number of amides is 1. The summed E-state index contributed by atoms with van der Waals surface area (Å²) in [7, 11) is 3.49. The Kier molecular flexibility index (Phi) is 6.07. The third kappa shape index (κ3) is 4.29. The molecule has 0 saturated heterocycles. The molecule has 1 aromatic heterocycles. The number of aliphatic hydroxyl groups excluding tert-OH is 1. The van der Waals surface area contributed by atoms with Crippen molar-refractivity contribution in [3.8, 4) is 0 Å². The van der Waals surface area contributed by atoms with Crippen LogP contribution in [0.15, 0.2) is 12.1 Å². The van der Waals surface area contributed by atoms with Crippen molar-refractivity contribution in [1.82, 2.24) is 15.5 Å². The van der Waals surface area contributed by atoms with E-state index in [1.807, 2.05) is 11.9 Å². The lowest BCUT2D eigenvalue weighted by Crippen LogP contribution is -2.23. The van der Waals surface area contributed by atoms with Gasteiger partial charge in [-0.05, 0) is 31.4 Å². The standard InChI is InChI=1S/C12H20N4O2/c1-13-12(18)10-6-7-11(15-14-10)16(2)8-4-3-5-9-17/h6-7,17H,3-5,8-9H2,1-2H3,(H,13,18). The summed E-state index contributed by atoms with van der Waals surface area (Å²) >= 11 is 0. The summed E-state index contributed by atoms with van der Waals surface area (Å²) in [6, 6.07) is 3.44. The van der Waals surface area contributed by atoms with E-state index in [2.05, 4.69) is 15.5 Å². The van der Waals surface area contributed by atoms with Crippen molar-refractivity contribution in [2.24, 2.45) is 0 Å². The summed E-state index contributed by atoms with van der Waals surface area (Å²) in [6.45, 7) is 1.10. The number of rotatable bonds is 7. The van der Waals surface area contributed by atoms with Crippen LogP contribution in [0.5, 0.6) is 0 Å². The fourth-order valence-electron chi connectivity index (χ4n) is 1.53. The Hall–Kier alpha value is -1.69. The second-order valence-electron chi connectivity index (χ2n) is 4.06. The van der Waals surface area contributed by atoms with Crippen LogP contribution in [0, 0.1) is 0 Å². The van der Waals surface area contributed by atoms with E-state index >= 15 is 0 Å². The number of aromatic nitrogens is 2. The summed E-state index contributed by atoms with van der Waals surface area (Å²) in [4.78, 5) is 13.3. The molecule has 0 atom stereocenters. The molecule has 0 fully saturated rings. The largest absolute Gasteiger partial charge is 0.396 e. The number of hydrogen-bond acceptors (Lipinski definition) is 5. The van der Waals surface area contributed by atoms with E-state index < -0.39 is 0 Å². The molecule has 0 saturated carbocycles. The van der Waals surface area contributed by atoms with E-state index in [0.717, 1.165) is 31.6 Å². The predicted molar refractivity (Wildman–Crippen MR) is 69.6 cm³/mol. The second-order valence-corrected chi connectivity index (χ2v) is 4.06. The minimum atomic E-state index is -0.236. The van der Waals surface area contributed by atoms with Crippen LogP contribution >= 0.6 is 0 Å². The molecule has 0 aliphatic heterocycles. The molecule has 0 aliphatic rings. The fourth-order valence-corrected chi connectivity index (χ4v) is 1.53. The lowest BCUT2D eigenvalue weighted by atomic mass is 10.2. The second kappa shape index (κ2) is 7.60. The number of hydrogen-bond donors (Lipinski definition) is 2.